The molecule has 1 aromatic heterocycles. The Labute approximate surface area is 260 Å². The van der Waals surface area contributed by atoms with E-state index in [0.717, 1.165) is 22.6 Å². The van der Waals surface area contributed by atoms with Crippen molar-refractivity contribution in [2.24, 2.45) is 5.10 Å². The minimum atomic E-state index is -1.15. The van der Waals surface area contributed by atoms with E-state index in [0.29, 0.717) is 35.1 Å². The van der Waals surface area contributed by atoms with Crippen LogP contribution >= 0.6 is 0 Å². The molecule has 0 bridgehead atoms. The predicted molar refractivity (Wildman–Crippen MR) is 166 cm³/mol. The lowest BCUT2D eigenvalue weighted by molar-refractivity contribution is -0.136. The first-order chi connectivity index (χ1) is 21.5. The molecule has 2 aromatic carbocycles. The zero-order chi connectivity index (χ0) is 32.7. The third kappa shape index (κ3) is 7.81. The summed E-state index contributed by atoms with van der Waals surface area (Å²) in [6, 6.07) is 12.9. The zero-order valence-electron chi connectivity index (χ0n) is 26.0. The average Bonchev–Trinajstić information content (AvgIpc) is 3.28. The summed E-state index contributed by atoms with van der Waals surface area (Å²) < 4.78 is 23.7. The number of carbonyl (C=O) groups is 3. The number of methoxy groups -OCH3 is 1. The summed E-state index contributed by atoms with van der Waals surface area (Å²) in [6.45, 7) is 8.89. The highest BCUT2D eigenvalue weighted by atomic mass is 16.5. The fraction of sp³-hybridized carbons (Fsp3) is 0.312. The molecule has 238 valence electrons. The lowest BCUT2D eigenvalue weighted by Crippen LogP contribution is -2.45. The first-order valence-electron chi connectivity index (χ1n) is 14.2. The maximum absolute atomic E-state index is 12.5. The van der Waals surface area contributed by atoms with Gasteiger partial charge in [-0.05, 0) is 75.7 Å². The summed E-state index contributed by atoms with van der Waals surface area (Å²) in [6.07, 6.45) is 0.463. The summed E-state index contributed by atoms with van der Waals surface area (Å²) in [5, 5.41) is 20.0. The number of nitrogens with zero attached hydrogens (tertiary/aromatic N) is 2. The van der Waals surface area contributed by atoms with Crippen molar-refractivity contribution in [3.63, 3.8) is 0 Å². The second-order valence-corrected chi connectivity index (χ2v) is 10.2. The Hall–Kier alpha value is -5.30. The van der Waals surface area contributed by atoms with E-state index in [4.69, 9.17) is 18.9 Å². The number of benzene rings is 2. The van der Waals surface area contributed by atoms with E-state index < -0.39 is 24.3 Å². The number of urea groups is 1. The van der Waals surface area contributed by atoms with E-state index in [-0.39, 0.29) is 18.1 Å². The molecule has 4 rings (SSSR count). The Morgan fingerprint density at radius 2 is 1.82 bits per heavy atom. The average molecular weight is 620 g/mol. The standard InChI is InChI=1S/C32H37N5O8/c1-7-43-27-15-22(30-29(31(40)42-6)19(3)34-32(41)35-30)8-13-26(27)44-17-28(39)36-33-16-23-14-18(2)37(20(23)4)24-9-11-25(12-10-24)45-21(5)38/h8-16,28,30,36,39H,7,17H2,1-6H3,(H2,34,35,41)/b33-16-/t28-,30-/m1/s1. The number of hydrogen-bond donors (Lipinski definition) is 4. The summed E-state index contributed by atoms with van der Waals surface area (Å²) in [5.41, 5.74) is 7.54. The number of aliphatic hydroxyl groups excluding tert-OH is 1. The molecule has 0 saturated carbocycles. The number of aromatic nitrogens is 1. The third-order valence-corrected chi connectivity index (χ3v) is 6.93. The van der Waals surface area contributed by atoms with E-state index in [1.807, 2.05) is 43.5 Å². The molecule has 0 radical (unpaired) electrons. The van der Waals surface area contributed by atoms with Gasteiger partial charge in [0.25, 0.3) is 0 Å². The van der Waals surface area contributed by atoms with Crippen molar-refractivity contribution in [2.75, 3.05) is 20.3 Å². The molecule has 2 amide bonds. The predicted octanol–water partition coefficient (Wildman–Crippen LogP) is 3.54. The highest BCUT2D eigenvalue weighted by molar-refractivity contribution is 5.95. The summed E-state index contributed by atoms with van der Waals surface area (Å²) in [4.78, 5) is 35.8. The van der Waals surface area contributed by atoms with Gasteiger partial charge in [0.2, 0.25) is 0 Å². The van der Waals surface area contributed by atoms with Crippen LogP contribution in [-0.2, 0) is 14.3 Å². The van der Waals surface area contributed by atoms with E-state index in [1.165, 1.54) is 14.0 Å². The number of aliphatic hydroxyl groups is 1. The van der Waals surface area contributed by atoms with E-state index in [2.05, 4.69) is 21.2 Å². The summed E-state index contributed by atoms with van der Waals surface area (Å²) in [5.74, 6) is 0.239. The Balaban J connectivity index is 1.41. The van der Waals surface area contributed by atoms with Crippen LogP contribution in [0.1, 0.15) is 49.3 Å². The molecule has 13 nitrogen and oxygen atoms in total. The first-order valence-corrected chi connectivity index (χ1v) is 14.2. The molecule has 45 heavy (non-hydrogen) atoms. The maximum atomic E-state index is 12.5. The molecule has 2 heterocycles. The van der Waals surface area contributed by atoms with Gasteiger partial charge in [-0.15, -0.1) is 0 Å². The van der Waals surface area contributed by atoms with Crippen molar-refractivity contribution < 1.29 is 38.4 Å². The normalized spacial score (nSPS) is 15.3. The Morgan fingerprint density at radius 3 is 2.49 bits per heavy atom. The van der Waals surface area contributed by atoms with Gasteiger partial charge in [-0.2, -0.15) is 5.10 Å². The van der Waals surface area contributed by atoms with E-state index in [1.54, 1.807) is 43.5 Å². The fourth-order valence-corrected chi connectivity index (χ4v) is 4.96. The molecule has 1 aliphatic rings. The van der Waals surface area contributed by atoms with Gasteiger partial charge in [-0.25, -0.2) is 9.59 Å². The Bertz CT molecular complexity index is 1630. The number of hydrazone groups is 1. The zero-order valence-corrected chi connectivity index (χ0v) is 26.0. The van der Waals surface area contributed by atoms with Crippen LogP contribution in [0.3, 0.4) is 0 Å². The van der Waals surface area contributed by atoms with Crippen LogP contribution in [0.25, 0.3) is 5.69 Å². The van der Waals surface area contributed by atoms with Crippen molar-refractivity contribution in [3.8, 4) is 22.9 Å². The van der Waals surface area contributed by atoms with Crippen molar-refractivity contribution >= 4 is 24.2 Å². The second-order valence-electron chi connectivity index (χ2n) is 10.2. The number of aryl methyl sites for hydroxylation is 1. The van der Waals surface area contributed by atoms with Gasteiger partial charge in [-0.3, -0.25) is 10.2 Å². The van der Waals surface area contributed by atoms with E-state index in [9.17, 15) is 19.5 Å². The molecule has 4 N–H and O–H groups in total. The van der Waals surface area contributed by atoms with Crippen molar-refractivity contribution in [3.05, 3.63) is 82.3 Å². The molecule has 0 aliphatic carbocycles. The maximum Gasteiger partial charge on any atom is 0.337 e. The van der Waals surface area contributed by atoms with Crippen LogP contribution in [0.15, 0.2) is 64.9 Å². The van der Waals surface area contributed by atoms with Crippen molar-refractivity contribution in [1.29, 1.82) is 0 Å². The van der Waals surface area contributed by atoms with Crippen LogP contribution in [0.5, 0.6) is 17.2 Å². The number of esters is 2. The molecular formula is C32H37N5O8. The molecule has 2 atom stereocenters. The van der Waals surface area contributed by atoms with Crippen molar-refractivity contribution in [2.45, 2.75) is 46.9 Å². The fourth-order valence-electron chi connectivity index (χ4n) is 4.96. The largest absolute Gasteiger partial charge is 0.490 e. The van der Waals surface area contributed by atoms with Gasteiger partial charge in [0.1, 0.15) is 12.4 Å². The second kappa shape index (κ2) is 14.4. The number of hydrogen-bond acceptors (Lipinski definition) is 10. The van der Waals surface area contributed by atoms with Gasteiger partial charge < -0.3 is 39.3 Å². The number of rotatable bonds is 12. The molecule has 3 aromatic rings. The molecule has 0 unspecified atom stereocenters. The van der Waals surface area contributed by atoms with Crippen LogP contribution in [0, 0.1) is 13.8 Å². The topological polar surface area (TPSA) is 162 Å². The van der Waals surface area contributed by atoms with Gasteiger partial charge in [0, 0.05) is 35.3 Å². The SMILES string of the molecule is CCOc1cc([C@H]2NC(=O)NC(C)=C2C(=O)OC)ccc1OC[C@@H](O)N/N=C\c1cc(C)n(-c2ccc(OC(C)=O)cc2)c1C. The van der Waals surface area contributed by atoms with Gasteiger partial charge >= 0.3 is 18.0 Å². The van der Waals surface area contributed by atoms with Crippen LogP contribution < -0.4 is 30.3 Å². The van der Waals surface area contributed by atoms with Crippen LogP contribution in [-0.4, -0.2) is 60.4 Å². The summed E-state index contributed by atoms with van der Waals surface area (Å²) >= 11 is 0. The van der Waals surface area contributed by atoms with Gasteiger partial charge in [-0.1, -0.05) is 6.07 Å². The molecule has 0 fully saturated rings. The molecule has 0 saturated heterocycles. The number of amides is 2. The van der Waals surface area contributed by atoms with Crippen molar-refractivity contribution in [1.82, 2.24) is 20.6 Å². The number of carbonyl (C=O) groups excluding carboxylic acids is 3. The monoisotopic (exact) mass is 619 g/mol. The molecular weight excluding hydrogens is 582 g/mol. The number of nitrogens with one attached hydrogen (secondary N) is 3. The van der Waals surface area contributed by atoms with Crippen LogP contribution in [0.2, 0.25) is 0 Å². The van der Waals surface area contributed by atoms with Gasteiger partial charge in [0.15, 0.2) is 17.7 Å². The Morgan fingerprint density at radius 1 is 1.09 bits per heavy atom. The smallest absolute Gasteiger partial charge is 0.337 e. The lowest BCUT2D eigenvalue weighted by atomic mass is 9.95. The number of allylic oxidation sites excluding steroid dienone is 1. The van der Waals surface area contributed by atoms with Gasteiger partial charge in [0.05, 0.1) is 31.5 Å². The third-order valence-electron chi connectivity index (χ3n) is 6.93. The molecule has 13 heteroatoms. The van der Waals surface area contributed by atoms with E-state index >= 15 is 0 Å². The lowest BCUT2D eigenvalue weighted by Gasteiger charge is -2.28. The molecule has 1 aliphatic heterocycles. The minimum absolute atomic E-state index is 0.152. The number of ether oxygens (including phenoxy) is 4. The summed E-state index contributed by atoms with van der Waals surface area (Å²) in [7, 11) is 1.27. The highest BCUT2D eigenvalue weighted by Crippen LogP contribution is 2.35. The quantitative estimate of drug-likeness (QED) is 0.0781. The minimum Gasteiger partial charge on any atom is -0.490 e. The highest BCUT2D eigenvalue weighted by Gasteiger charge is 2.32. The van der Waals surface area contributed by atoms with Crippen LogP contribution in [0.4, 0.5) is 4.79 Å². The first kappa shape index (κ1) is 32.6. The Kier molecular flexibility index (Phi) is 10.5. The molecule has 0 spiro atoms.